The Kier molecular flexibility index (Phi) is 5.55. The molecule has 0 spiro atoms. The number of carbonyl (C=O) groups is 1. The molecule has 1 fully saturated rings. The average Bonchev–Trinajstić information content (AvgIpc) is 2.92. The predicted molar refractivity (Wildman–Crippen MR) is 105 cm³/mol. The van der Waals surface area contributed by atoms with Gasteiger partial charge in [0.1, 0.15) is 0 Å². The molecule has 10 heteroatoms. The van der Waals surface area contributed by atoms with Crippen LogP contribution in [0.4, 0.5) is 5.69 Å². The third-order valence-electron chi connectivity index (χ3n) is 4.62. The van der Waals surface area contributed by atoms with Crippen LogP contribution in [0.1, 0.15) is 17.5 Å². The molecule has 1 aromatic heterocycles. The Morgan fingerprint density at radius 3 is 2.43 bits per heavy atom. The van der Waals surface area contributed by atoms with Crippen molar-refractivity contribution in [1.82, 2.24) is 9.29 Å². The Morgan fingerprint density at radius 1 is 1.18 bits per heavy atom. The molecule has 1 amide bonds. The summed E-state index contributed by atoms with van der Waals surface area (Å²) >= 11 is 0. The minimum atomic E-state index is -3.76. The van der Waals surface area contributed by atoms with Gasteiger partial charge < -0.3 is 0 Å². The number of nitrogens with zero attached hydrogens (tertiary/aromatic N) is 3. The summed E-state index contributed by atoms with van der Waals surface area (Å²) < 4.78 is 52.0. The largest absolute Gasteiger partial charge is 0.273 e. The normalized spacial score (nSPS) is 16.7. The fourth-order valence-electron chi connectivity index (χ4n) is 3.04. The highest BCUT2D eigenvalue weighted by Gasteiger charge is 2.36. The molecule has 1 aliphatic heterocycles. The molecule has 1 aromatic carbocycles. The smallest absolute Gasteiger partial charge is 0.243 e. The summed E-state index contributed by atoms with van der Waals surface area (Å²) in [5.41, 5.74) is 1.52. The van der Waals surface area contributed by atoms with Crippen LogP contribution in [0.2, 0.25) is 0 Å². The van der Waals surface area contributed by atoms with Crippen LogP contribution in [0, 0.1) is 6.92 Å². The van der Waals surface area contributed by atoms with E-state index in [4.69, 9.17) is 0 Å². The van der Waals surface area contributed by atoms with Crippen molar-refractivity contribution < 1.29 is 21.6 Å². The zero-order valence-corrected chi connectivity index (χ0v) is 17.2. The van der Waals surface area contributed by atoms with Gasteiger partial charge in [-0.25, -0.2) is 25.4 Å². The molecule has 0 atom stereocenters. The van der Waals surface area contributed by atoms with E-state index in [1.165, 1.54) is 29.6 Å². The van der Waals surface area contributed by atoms with Crippen molar-refractivity contribution in [2.45, 2.75) is 24.7 Å². The first kappa shape index (κ1) is 20.4. The Labute approximate surface area is 164 Å². The van der Waals surface area contributed by atoms with Crippen LogP contribution in [-0.2, 0) is 31.3 Å². The van der Waals surface area contributed by atoms with E-state index in [1.807, 2.05) is 12.1 Å². The highest BCUT2D eigenvalue weighted by atomic mass is 32.2. The number of pyridine rings is 1. The van der Waals surface area contributed by atoms with Gasteiger partial charge >= 0.3 is 0 Å². The number of likely N-dealkylation sites (N-methyl/N-ethyl adjacent to an activating group) is 1. The summed E-state index contributed by atoms with van der Waals surface area (Å²) in [4.78, 5) is 15.9. The lowest BCUT2D eigenvalue weighted by Crippen LogP contribution is -2.31. The zero-order chi connectivity index (χ0) is 20.5. The minimum Gasteiger partial charge on any atom is -0.273 e. The number of sulfonamides is 2. The number of aromatic nitrogens is 1. The van der Waals surface area contributed by atoms with E-state index in [9.17, 15) is 21.6 Å². The summed E-state index contributed by atoms with van der Waals surface area (Å²) in [7, 11) is -5.95. The molecule has 28 heavy (non-hydrogen) atoms. The summed E-state index contributed by atoms with van der Waals surface area (Å²) in [6.45, 7) is 1.87. The Bertz CT molecular complexity index is 1100. The number of aryl methyl sites for hydroxylation is 1. The molecule has 0 saturated carbocycles. The second kappa shape index (κ2) is 7.61. The molecule has 1 aliphatic rings. The van der Waals surface area contributed by atoms with Crippen LogP contribution in [0.5, 0.6) is 0 Å². The molecule has 150 valence electrons. The van der Waals surface area contributed by atoms with Crippen molar-refractivity contribution in [3.63, 3.8) is 0 Å². The molecular weight excluding hydrogens is 402 g/mol. The number of hydrogen-bond acceptors (Lipinski definition) is 6. The summed E-state index contributed by atoms with van der Waals surface area (Å²) in [6, 6.07) is 7.79. The van der Waals surface area contributed by atoms with E-state index in [-0.39, 0.29) is 29.3 Å². The van der Waals surface area contributed by atoms with Gasteiger partial charge in [-0.15, -0.1) is 0 Å². The number of carbonyl (C=O) groups excluding carboxylic acids is 1. The first-order valence-corrected chi connectivity index (χ1v) is 11.7. The van der Waals surface area contributed by atoms with E-state index >= 15 is 0 Å². The lowest BCUT2D eigenvalue weighted by Gasteiger charge is -2.20. The lowest BCUT2D eigenvalue weighted by atomic mass is 10.2. The molecular formula is C18H21N3O5S2. The number of rotatable bonds is 6. The molecule has 3 rings (SSSR count). The maximum atomic E-state index is 12.9. The third-order valence-corrected chi connectivity index (χ3v) is 8.33. The highest BCUT2D eigenvalue weighted by Crippen LogP contribution is 2.29. The monoisotopic (exact) mass is 423 g/mol. The van der Waals surface area contributed by atoms with Crippen molar-refractivity contribution in [2.24, 2.45) is 0 Å². The molecule has 0 N–H and O–H groups in total. The Morgan fingerprint density at radius 2 is 1.86 bits per heavy atom. The number of amides is 1. The van der Waals surface area contributed by atoms with Crippen molar-refractivity contribution >= 4 is 31.6 Å². The van der Waals surface area contributed by atoms with Gasteiger partial charge in [0.15, 0.2) is 0 Å². The third kappa shape index (κ3) is 3.94. The summed E-state index contributed by atoms with van der Waals surface area (Å²) in [5, 5.41) is 0. The topological polar surface area (TPSA) is 105 Å². The van der Waals surface area contributed by atoms with Crippen molar-refractivity contribution in [1.29, 1.82) is 0 Å². The standard InChI is InChI=1S/C18H21N3O5S2/c1-14-13-16(21-18(22)8-12-27(21,23)24)3-4-17(14)28(25,26)20(2)11-7-15-5-9-19-10-6-15/h3-6,9-10,13H,7-8,11-12H2,1-2H3. The zero-order valence-electron chi connectivity index (χ0n) is 15.6. The molecule has 0 unspecified atom stereocenters. The second-order valence-corrected chi connectivity index (χ2v) is 10.6. The molecule has 2 aromatic rings. The van der Waals surface area contributed by atoms with Crippen LogP contribution in [-0.4, -0.2) is 51.4 Å². The van der Waals surface area contributed by atoms with E-state index in [2.05, 4.69) is 4.98 Å². The van der Waals surface area contributed by atoms with E-state index < -0.39 is 26.0 Å². The average molecular weight is 424 g/mol. The van der Waals surface area contributed by atoms with E-state index in [1.54, 1.807) is 19.3 Å². The molecule has 0 radical (unpaired) electrons. The van der Waals surface area contributed by atoms with Gasteiger partial charge in [-0.3, -0.25) is 9.78 Å². The first-order valence-electron chi connectivity index (χ1n) is 8.64. The van der Waals surface area contributed by atoms with Gasteiger partial charge in [-0.1, -0.05) is 0 Å². The minimum absolute atomic E-state index is 0.0703. The van der Waals surface area contributed by atoms with Gasteiger partial charge in [-0.05, 0) is 54.8 Å². The Hall–Kier alpha value is -2.30. The lowest BCUT2D eigenvalue weighted by molar-refractivity contribution is -0.116. The molecule has 0 bridgehead atoms. The van der Waals surface area contributed by atoms with Crippen molar-refractivity contribution in [3.05, 3.63) is 53.9 Å². The van der Waals surface area contributed by atoms with E-state index in [0.717, 1.165) is 9.87 Å². The molecule has 0 aliphatic carbocycles. The van der Waals surface area contributed by atoms with Crippen LogP contribution in [0.15, 0.2) is 47.6 Å². The van der Waals surface area contributed by atoms with Crippen LogP contribution in [0.3, 0.4) is 0 Å². The van der Waals surface area contributed by atoms with Crippen LogP contribution < -0.4 is 4.31 Å². The number of anilines is 1. The van der Waals surface area contributed by atoms with Gasteiger partial charge in [-0.2, -0.15) is 0 Å². The highest BCUT2D eigenvalue weighted by molar-refractivity contribution is 7.94. The molecule has 8 nitrogen and oxygen atoms in total. The second-order valence-electron chi connectivity index (χ2n) is 6.61. The molecule has 1 saturated heterocycles. The van der Waals surface area contributed by atoms with E-state index in [0.29, 0.717) is 12.0 Å². The fraction of sp³-hybridized carbons (Fsp3) is 0.333. The maximum absolute atomic E-state index is 12.9. The van der Waals surface area contributed by atoms with Gasteiger partial charge in [0.05, 0.1) is 16.3 Å². The van der Waals surface area contributed by atoms with Crippen molar-refractivity contribution in [3.8, 4) is 0 Å². The predicted octanol–water partition coefficient (Wildman–Crippen LogP) is 1.32. The summed E-state index contributed by atoms with van der Waals surface area (Å²) in [5.74, 6) is -0.743. The van der Waals surface area contributed by atoms with Crippen LogP contribution in [0.25, 0.3) is 0 Å². The first-order chi connectivity index (χ1) is 13.1. The summed E-state index contributed by atoms with van der Waals surface area (Å²) in [6.07, 6.45) is 3.77. The number of benzene rings is 1. The SMILES string of the molecule is Cc1cc(N2C(=O)CCS2(=O)=O)ccc1S(=O)(=O)N(C)CCc1ccncc1. The number of hydrogen-bond donors (Lipinski definition) is 0. The van der Waals surface area contributed by atoms with Gasteiger partial charge in [0.25, 0.3) is 0 Å². The van der Waals surface area contributed by atoms with Gasteiger partial charge in [0, 0.05) is 32.4 Å². The maximum Gasteiger partial charge on any atom is 0.243 e. The fourth-order valence-corrected chi connectivity index (χ4v) is 5.87. The molecule has 2 heterocycles. The quantitative estimate of drug-likeness (QED) is 0.694. The Balaban J connectivity index is 1.83. The van der Waals surface area contributed by atoms with Gasteiger partial charge in [0.2, 0.25) is 26.0 Å². The van der Waals surface area contributed by atoms with Crippen LogP contribution >= 0.6 is 0 Å². The van der Waals surface area contributed by atoms with Crippen molar-refractivity contribution in [2.75, 3.05) is 23.7 Å².